The molecule has 3 aliphatic rings. The number of aliphatic hydroxyl groups is 1. The quantitative estimate of drug-likeness (QED) is 0.620. The number of carbonyl (C=O) groups excluding carboxylic acids is 2. The SMILES string of the molecule is CC(=O)OC1CC(COC(=O)C2CCC3OC3C2)CCC1O. The Morgan fingerprint density at radius 1 is 1.14 bits per heavy atom. The molecule has 2 aliphatic carbocycles. The summed E-state index contributed by atoms with van der Waals surface area (Å²) in [5.74, 6) is -0.417. The standard InChI is InChI=1S/C16H24O6/c1-9(17)21-14-6-10(2-4-12(14)18)8-20-16(19)11-3-5-13-15(7-11)22-13/h10-15,18H,2-8H2,1H3. The van der Waals surface area contributed by atoms with Gasteiger partial charge in [0.1, 0.15) is 6.10 Å². The molecule has 1 N–H and O–H groups in total. The van der Waals surface area contributed by atoms with E-state index in [0.717, 1.165) is 25.7 Å². The van der Waals surface area contributed by atoms with Crippen molar-refractivity contribution in [3.63, 3.8) is 0 Å². The van der Waals surface area contributed by atoms with E-state index in [1.165, 1.54) is 6.92 Å². The Morgan fingerprint density at radius 3 is 2.68 bits per heavy atom. The van der Waals surface area contributed by atoms with E-state index in [1.807, 2.05) is 0 Å². The van der Waals surface area contributed by atoms with Crippen LogP contribution in [0, 0.1) is 11.8 Å². The minimum atomic E-state index is -0.613. The Hall–Kier alpha value is -1.14. The summed E-state index contributed by atoms with van der Waals surface area (Å²) in [6, 6.07) is 0. The molecular weight excluding hydrogens is 288 g/mol. The van der Waals surface area contributed by atoms with Gasteiger partial charge in [0, 0.05) is 6.92 Å². The van der Waals surface area contributed by atoms with Gasteiger partial charge < -0.3 is 19.3 Å². The van der Waals surface area contributed by atoms with Gasteiger partial charge in [-0.3, -0.25) is 9.59 Å². The fourth-order valence-corrected chi connectivity index (χ4v) is 3.62. The molecule has 0 aromatic heterocycles. The lowest BCUT2D eigenvalue weighted by Gasteiger charge is -2.32. The number of carbonyl (C=O) groups is 2. The Labute approximate surface area is 130 Å². The summed E-state index contributed by atoms with van der Waals surface area (Å²) >= 11 is 0. The van der Waals surface area contributed by atoms with Gasteiger partial charge in [-0.2, -0.15) is 0 Å². The highest BCUT2D eigenvalue weighted by atomic mass is 16.6. The average molecular weight is 312 g/mol. The molecule has 6 unspecified atom stereocenters. The molecule has 3 rings (SSSR count). The Balaban J connectivity index is 1.42. The fourth-order valence-electron chi connectivity index (χ4n) is 3.62. The Morgan fingerprint density at radius 2 is 1.95 bits per heavy atom. The number of epoxide rings is 1. The van der Waals surface area contributed by atoms with Crippen molar-refractivity contribution in [1.29, 1.82) is 0 Å². The average Bonchev–Trinajstić information content (AvgIpc) is 3.25. The smallest absolute Gasteiger partial charge is 0.309 e. The van der Waals surface area contributed by atoms with Crippen molar-refractivity contribution in [2.24, 2.45) is 11.8 Å². The molecule has 6 atom stereocenters. The first-order chi connectivity index (χ1) is 10.5. The molecule has 22 heavy (non-hydrogen) atoms. The summed E-state index contributed by atoms with van der Waals surface area (Å²) in [4.78, 5) is 23.2. The van der Waals surface area contributed by atoms with Crippen LogP contribution in [-0.2, 0) is 23.8 Å². The molecule has 0 amide bonds. The minimum absolute atomic E-state index is 0.0396. The number of esters is 2. The maximum atomic E-state index is 12.1. The highest BCUT2D eigenvalue weighted by Gasteiger charge is 2.46. The van der Waals surface area contributed by atoms with Gasteiger partial charge in [0.25, 0.3) is 0 Å². The number of ether oxygens (including phenoxy) is 3. The van der Waals surface area contributed by atoms with Crippen molar-refractivity contribution < 1.29 is 28.9 Å². The van der Waals surface area contributed by atoms with Crippen molar-refractivity contribution >= 4 is 11.9 Å². The van der Waals surface area contributed by atoms with Crippen LogP contribution in [-0.4, -0.2) is 48.1 Å². The van der Waals surface area contributed by atoms with Crippen LogP contribution < -0.4 is 0 Å². The minimum Gasteiger partial charge on any atom is -0.465 e. The molecule has 6 nitrogen and oxygen atoms in total. The first-order valence-corrected chi connectivity index (χ1v) is 8.20. The van der Waals surface area contributed by atoms with Gasteiger partial charge in [0.2, 0.25) is 0 Å². The van der Waals surface area contributed by atoms with Gasteiger partial charge in [0.15, 0.2) is 0 Å². The van der Waals surface area contributed by atoms with Gasteiger partial charge in [-0.1, -0.05) is 0 Å². The largest absolute Gasteiger partial charge is 0.465 e. The number of aliphatic hydroxyl groups excluding tert-OH is 1. The normalized spacial score (nSPS) is 40.5. The monoisotopic (exact) mass is 312 g/mol. The molecule has 0 aromatic carbocycles. The lowest BCUT2D eigenvalue weighted by molar-refractivity contribution is -0.160. The molecule has 0 bridgehead atoms. The zero-order chi connectivity index (χ0) is 15.7. The number of hydrogen-bond acceptors (Lipinski definition) is 6. The van der Waals surface area contributed by atoms with Crippen molar-refractivity contribution in [1.82, 2.24) is 0 Å². The number of rotatable bonds is 4. The molecule has 1 saturated heterocycles. The van der Waals surface area contributed by atoms with Crippen molar-refractivity contribution in [2.45, 2.75) is 69.9 Å². The van der Waals surface area contributed by atoms with Gasteiger partial charge in [-0.25, -0.2) is 0 Å². The molecule has 0 aromatic rings. The summed E-state index contributed by atoms with van der Waals surface area (Å²) in [7, 11) is 0. The first kappa shape index (κ1) is 15.7. The van der Waals surface area contributed by atoms with Gasteiger partial charge >= 0.3 is 11.9 Å². The third-order valence-electron chi connectivity index (χ3n) is 4.98. The second kappa shape index (κ2) is 6.54. The first-order valence-electron chi connectivity index (χ1n) is 8.20. The molecule has 2 saturated carbocycles. The van der Waals surface area contributed by atoms with Crippen molar-refractivity contribution in [3.05, 3.63) is 0 Å². The summed E-state index contributed by atoms with van der Waals surface area (Å²) in [5, 5.41) is 9.85. The van der Waals surface area contributed by atoms with E-state index >= 15 is 0 Å². The van der Waals surface area contributed by atoms with E-state index in [-0.39, 0.29) is 29.9 Å². The summed E-state index contributed by atoms with van der Waals surface area (Å²) in [5.41, 5.74) is 0. The summed E-state index contributed by atoms with van der Waals surface area (Å²) in [6.45, 7) is 1.68. The Kier molecular flexibility index (Phi) is 4.68. The van der Waals surface area contributed by atoms with E-state index in [9.17, 15) is 14.7 Å². The van der Waals surface area contributed by atoms with Crippen LogP contribution in [0.2, 0.25) is 0 Å². The molecule has 124 valence electrons. The van der Waals surface area contributed by atoms with Gasteiger partial charge in [0.05, 0.1) is 30.8 Å². The topological polar surface area (TPSA) is 85.4 Å². The highest BCUT2D eigenvalue weighted by Crippen LogP contribution is 2.40. The van der Waals surface area contributed by atoms with Crippen LogP contribution in [0.1, 0.15) is 45.4 Å². The number of fused-ring (bicyclic) bond motifs is 1. The second-order valence-corrected chi connectivity index (χ2v) is 6.75. The van der Waals surface area contributed by atoms with E-state index in [1.54, 1.807) is 0 Å². The fraction of sp³-hybridized carbons (Fsp3) is 0.875. The molecule has 0 radical (unpaired) electrons. The zero-order valence-corrected chi connectivity index (χ0v) is 12.9. The summed E-state index contributed by atoms with van der Waals surface area (Å²) in [6.07, 6.45) is 4.04. The molecule has 1 heterocycles. The van der Waals surface area contributed by atoms with Gasteiger partial charge in [-0.15, -0.1) is 0 Å². The van der Waals surface area contributed by atoms with E-state index in [0.29, 0.717) is 25.6 Å². The Bertz CT molecular complexity index is 436. The molecule has 3 fully saturated rings. The predicted octanol–water partition coefficient (Wildman–Crippen LogP) is 1.19. The van der Waals surface area contributed by atoms with Crippen LogP contribution >= 0.6 is 0 Å². The van der Waals surface area contributed by atoms with Crippen LogP contribution in [0.3, 0.4) is 0 Å². The zero-order valence-electron chi connectivity index (χ0n) is 12.9. The third-order valence-corrected chi connectivity index (χ3v) is 4.98. The van der Waals surface area contributed by atoms with E-state index in [4.69, 9.17) is 14.2 Å². The van der Waals surface area contributed by atoms with Crippen LogP contribution in [0.5, 0.6) is 0 Å². The van der Waals surface area contributed by atoms with Crippen molar-refractivity contribution in [2.75, 3.05) is 6.61 Å². The highest BCUT2D eigenvalue weighted by molar-refractivity contribution is 5.72. The second-order valence-electron chi connectivity index (χ2n) is 6.75. The molecule has 6 heteroatoms. The molecule has 1 aliphatic heterocycles. The molecular formula is C16H24O6. The predicted molar refractivity (Wildman–Crippen MR) is 75.9 cm³/mol. The number of hydrogen-bond donors (Lipinski definition) is 1. The maximum absolute atomic E-state index is 12.1. The maximum Gasteiger partial charge on any atom is 0.309 e. The third kappa shape index (κ3) is 3.79. The summed E-state index contributed by atoms with van der Waals surface area (Å²) < 4.78 is 16.0. The lowest BCUT2D eigenvalue weighted by Crippen LogP contribution is -2.38. The van der Waals surface area contributed by atoms with Crippen molar-refractivity contribution in [3.8, 4) is 0 Å². The van der Waals surface area contributed by atoms with E-state index < -0.39 is 12.2 Å². The van der Waals surface area contributed by atoms with Gasteiger partial charge in [-0.05, 0) is 44.4 Å². The van der Waals surface area contributed by atoms with Crippen LogP contribution in [0.25, 0.3) is 0 Å². The lowest BCUT2D eigenvalue weighted by atomic mass is 9.85. The van der Waals surface area contributed by atoms with Crippen LogP contribution in [0.4, 0.5) is 0 Å². The van der Waals surface area contributed by atoms with Crippen LogP contribution in [0.15, 0.2) is 0 Å². The van der Waals surface area contributed by atoms with E-state index in [2.05, 4.69) is 0 Å². The molecule has 0 spiro atoms.